The van der Waals surface area contributed by atoms with Gasteiger partial charge in [0.05, 0.1) is 15.9 Å². The van der Waals surface area contributed by atoms with Gasteiger partial charge in [0.25, 0.3) is 10.0 Å². The zero-order chi connectivity index (χ0) is 16.5. The fourth-order valence-corrected chi connectivity index (χ4v) is 3.28. The Hall–Kier alpha value is -2.09. The van der Waals surface area contributed by atoms with Crippen LogP contribution in [-0.2, 0) is 28.9 Å². The van der Waals surface area contributed by atoms with Crippen LogP contribution < -0.4 is 10.4 Å². The Kier molecular flexibility index (Phi) is 4.41. The maximum absolute atomic E-state index is 12.2. The van der Waals surface area contributed by atoms with E-state index in [0.29, 0.717) is 17.5 Å². The van der Waals surface area contributed by atoms with E-state index < -0.39 is 15.9 Å². The molecule has 7 nitrogen and oxygen atoms in total. The molecule has 22 heavy (non-hydrogen) atoms. The number of hydrogen-bond acceptors (Lipinski definition) is 4. The van der Waals surface area contributed by atoms with Gasteiger partial charge in [-0.25, -0.2) is 17.9 Å². The molecule has 1 heterocycles. The van der Waals surface area contributed by atoms with Crippen LogP contribution in [0, 0.1) is 0 Å². The molecule has 1 aromatic heterocycles. The van der Waals surface area contributed by atoms with Crippen LogP contribution in [0.3, 0.4) is 0 Å². The predicted molar refractivity (Wildman–Crippen MR) is 83.0 cm³/mol. The largest absolute Gasteiger partial charge is 0.328 e. The van der Waals surface area contributed by atoms with E-state index in [1.165, 1.54) is 21.3 Å². The van der Waals surface area contributed by atoms with Gasteiger partial charge in [-0.3, -0.25) is 13.9 Å². The van der Waals surface area contributed by atoms with Crippen molar-refractivity contribution in [3.05, 3.63) is 28.7 Å². The Morgan fingerprint density at radius 1 is 1.18 bits per heavy atom. The molecule has 0 spiro atoms. The highest BCUT2D eigenvalue weighted by Gasteiger charge is 2.19. The number of fused-ring (bicyclic) bond motifs is 1. The van der Waals surface area contributed by atoms with Crippen molar-refractivity contribution in [2.45, 2.75) is 31.1 Å². The third-order valence-electron chi connectivity index (χ3n) is 3.56. The minimum Gasteiger partial charge on any atom is -0.295 e. The fourth-order valence-electron chi connectivity index (χ4n) is 2.25. The summed E-state index contributed by atoms with van der Waals surface area (Å²) in [5.41, 5.74) is 0.886. The zero-order valence-electron chi connectivity index (χ0n) is 12.8. The van der Waals surface area contributed by atoms with Crippen LogP contribution in [0.15, 0.2) is 27.9 Å². The van der Waals surface area contributed by atoms with Gasteiger partial charge in [0.15, 0.2) is 0 Å². The lowest BCUT2D eigenvalue weighted by atomic mass is 10.2. The number of aryl methyl sites for hydroxylation is 2. The average Bonchev–Trinajstić information content (AvgIpc) is 2.69. The molecule has 0 aliphatic rings. The molecule has 2 aromatic rings. The Balaban J connectivity index is 2.40. The van der Waals surface area contributed by atoms with Gasteiger partial charge in [0.2, 0.25) is 5.91 Å². The maximum Gasteiger partial charge on any atom is 0.328 e. The number of nitrogens with zero attached hydrogens (tertiary/aromatic N) is 2. The van der Waals surface area contributed by atoms with Crippen LogP contribution in [0.25, 0.3) is 11.0 Å². The number of amides is 1. The Labute approximate surface area is 128 Å². The van der Waals surface area contributed by atoms with E-state index in [4.69, 9.17) is 0 Å². The first-order chi connectivity index (χ1) is 10.3. The van der Waals surface area contributed by atoms with Crippen molar-refractivity contribution in [3.63, 3.8) is 0 Å². The molecule has 0 fully saturated rings. The Morgan fingerprint density at radius 3 is 2.45 bits per heavy atom. The van der Waals surface area contributed by atoms with Crippen LogP contribution >= 0.6 is 0 Å². The van der Waals surface area contributed by atoms with Crippen LogP contribution in [-0.4, -0.2) is 23.5 Å². The molecule has 0 aliphatic carbocycles. The van der Waals surface area contributed by atoms with Gasteiger partial charge in [-0.05, 0) is 24.6 Å². The van der Waals surface area contributed by atoms with E-state index in [-0.39, 0.29) is 17.0 Å². The standard InChI is InChI=1S/C14H19N3O4S/c1-4-5-6-13(18)15-22(20,21)10-7-8-11-12(9-10)17(3)14(19)16(11)2/h7-9H,4-6H2,1-3H3,(H,15,18). The third-order valence-corrected chi connectivity index (χ3v) is 4.93. The predicted octanol–water partition coefficient (Wildman–Crippen LogP) is 0.872. The summed E-state index contributed by atoms with van der Waals surface area (Å²) >= 11 is 0. The van der Waals surface area contributed by atoms with Crippen molar-refractivity contribution in [3.8, 4) is 0 Å². The lowest BCUT2D eigenvalue weighted by Gasteiger charge is -2.07. The summed E-state index contributed by atoms with van der Waals surface area (Å²) in [7, 11) is -0.739. The average molecular weight is 325 g/mol. The number of hydrogen-bond donors (Lipinski definition) is 1. The number of imidazole rings is 1. The molecule has 1 aromatic carbocycles. The first kappa shape index (κ1) is 16.3. The molecule has 0 atom stereocenters. The molecule has 0 unspecified atom stereocenters. The van der Waals surface area contributed by atoms with Gasteiger partial charge >= 0.3 is 5.69 Å². The van der Waals surface area contributed by atoms with Crippen molar-refractivity contribution in [1.29, 1.82) is 0 Å². The second-order valence-electron chi connectivity index (χ2n) is 5.18. The minimum atomic E-state index is -3.93. The lowest BCUT2D eigenvalue weighted by Crippen LogP contribution is -2.30. The number of aromatic nitrogens is 2. The van der Waals surface area contributed by atoms with E-state index in [2.05, 4.69) is 4.72 Å². The highest BCUT2D eigenvalue weighted by molar-refractivity contribution is 7.90. The minimum absolute atomic E-state index is 0.0361. The Bertz CT molecular complexity index is 877. The molecule has 8 heteroatoms. The van der Waals surface area contributed by atoms with Gasteiger partial charge in [0, 0.05) is 20.5 Å². The first-order valence-corrected chi connectivity index (χ1v) is 8.47. The molecule has 1 amide bonds. The highest BCUT2D eigenvalue weighted by atomic mass is 32.2. The summed E-state index contributed by atoms with van der Waals surface area (Å²) in [5, 5.41) is 0. The van der Waals surface area contributed by atoms with Crippen LogP contribution in [0.5, 0.6) is 0 Å². The summed E-state index contributed by atoms with van der Waals surface area (Å²) in [6.45, 7) is 1.92. The highest BCUT2D eigenvalue weighted by Crippen LogP contribution is 2.17. The van der Waals surface area contributed by atoms with Crippen LogP contribution in [0.4, 0.5) is 0 Å². The molecule has 120 valence electrons. The van der Waals surface area contributed by atoms with Crippen molar-refractivity contribution in [2.24, 2.45) is 14.1 Å². The van der Waals surface area contributed by atoms with Gasteiger partial charge in [-0.1, -0.05) is 13.3 Å². The number of carbonyl (C=O) groups excluding carboxylic acids is 1. The fraction of sp³-hybridized carbons (Fsp3) is 0.429. The molecule has 2 rings (SSSR count). The topological polar surface area (TPSA) is 90.2 Å². The van der Waals surface area contributed by atoms with E-state index >= 15 is 0 Å². The van der Waals surface area contributed by atoms with Gasteiger partial charge < -0.3 is 0 Å². The number of unbranched alkanes of at least 4 members (excludes halogenated alkanes) is 1. The smallest absolute Gasteiger partial charge is 0.295 e. The van der Waals surface area contributed by atoms with Crippen LogP contribution in [0.2, 0.25) is 0 Å². The SMILES string of the molecule is CCCCC(=O)NS(=O)(=O)c1ccc2c(c1)n(C)c(=O)n2C. The van der Waals surface area contributed by atoms with E-state index in [1.807, 2.05) is 6.92 Å². The monoisotopic (exact) mass is 325 g/mol. The normalized spacial score (nSPS) is 11.8. The number of carbonyl (C=O) groups is 1. The van der Waals surface area contributed by atoms with E-state index in [9.17, 15) is 18.0 Å². The maximum atomic E-state index is 12.2. The number of benzene rings is 1. The van der Waals surface area contributed by atoms with Crippen molar-refractivity contribution >= 4 is 27.0 Å². The van der Waals surface area contributed by atoms with Crippen molar-refractivity contribution < 1.29 is 13.2 Å². The molecule has 0 saturated heterocycles. The van der Waals surface area contributed by atoms with Gasteiger partial charge in [0.1, 0.15) is 0 Å². The molecule has 1 N–H and O–H groups in total. The second-order valence-corrected chi connectivity index (χ2v) is 6.87. The number of rotatable bonds is 5. The first-order valence-electron chi connectivity index (χ1n) is 6.99. The molecular weight excluding hydrogens is 306 g/mol. The summed E-state index contributed by atoms with van der Waals surface area (Å²) in [6.07, 6.45) is 1.61. The van der Waals surface area contributed by atoms with Gasteiger partial charge in [-0.15, -0.1) is 0 Å². The summed E-state index contributed by atoms with van der Waals surface area (Å²) in [4.78, 5) is 23.4. The summed E-state index contributed by atoms with van der Waals surface area (Å²) < 4.78 is 29.3. The Morgan fingerprint density at radius 2 is 1.82 bits per heavy atom. The van der Waals surface area contributed by atoms with Crippen molar-refractivity contribution in [2.75, 3.05) is 0 Å². The quantitative estimate of drug-likeness (QED) is 0.883. The molecule has 0 bridgehead atoms. The number of sulfonamides is 1. The molecule has 0 aliphatic heterocycles. The van der Waals surface area contributed by atoms with Crippen molar-refractivity contribution in [1.82, 2.24) is 13.9 Å². The van der Waals surface area contributed by atoms with E-state index in [1.54, 1.807) is 20.2 Å². The molecular formula is C14H19N3O4S. The summed E-state index contributed by atoms with van der Waals surface area (Å²) in [6, 6.07) is 4.34. The third kappa shape index (κ3) is 2.92. The lowest BCUT2D eigenvalue weighted by molar-refractivity contribution is -0.119. The summed E-state index contributed by atoms with van der Waals surface area (Å²) in [5.74, 6) is -0.524. The molecule has 0 saturated carbocycles. The second kappa shape index (κ2) is 5.96. The van der Waals surface area contributed by atoms with E-state index in [0.717, 1.165) is 6.42 Å². The number of nitrogens with one attached hydrogen (secondary N) is 1. The van der Waals surface area contributed by atoms with Crippen LogP contribution in [0.1, 0.15) is 26.2 Å². The zero-order valence-corrected chi connectivity index (χ0v) is 13.6. The molecule has 0 radical (unpaired) electrons. The van der Waals surface area contributed by atoms with Gasteiger partial charge in [-0.2, -0.15) is 0 Å².